The van der Waals surface area contributed by atoms with Gasteiger partial charge in [0.2, 0.25) is 5.91 Å². The van der Waals surface area contributed by atoms with Gasteiger partial charge in [0, 0.05) is 24.3 Å². The van der Waals surface area contributed by atoms with Crippen LogP contribution in [0.2, 0.25) is 0 Å². The summed E-state index contributed by atoms with van der Waals surface area (Å²) in [6, 6.07) is 5.57. The number of aromatic nitrogens is 2. The van der Waals surface area contributed by atoms with Crippen molar-refractivity contribution in [1.82, 2.24) is 14.7 Å². The fourth-order valence-corrected chi connectivity index (χ4v) is 3.84. The van der Waals surface area contributed by atoms with E-state index in [-0.39, 0.29) is 11.9 Å². The number of amides is 1. The van der Waals surface area contributed by atoms with Crippen molar-refractivity contribution in [2.75, 3.05) is 6.54 Å². The Morgan fingerprint density at radius 2 is 2.00 bits per heavy atom. The molecule has 6 heteroatoms. The highest BCUT2D eigenvalue weighted by atomic mass is 19.1. The van der Waals surface area contributed by atoms with Gasteiger partial charge >= 0.3 is 0 Å². The maximum Gasteiger partial charge on any atom is 0.239 e. The third-order valence-electron chi connectivity index (χ3n) is 4.98. The lowest BCUT2D eigenvalue weighted by atomic mass is 9.98. The van der Waals surface area contributed by atoms with Gasteiger partial charge in [0.25, 0.3) is 0 Å². The van der Waals surface area contributed by atoms with Crippen LogP contribution >= 0.6 is 0 Å². The van der Waals surface area contributed by atoms with Crippen LogP contribution in [-0.2, 0) is 11.8 Å². The molecule has 0 unspecified atom stereocenters. The molecule has 0 saturated carbocycles. The van der Waals surface area contributed by atoms with Crippen molar-refractivity contribution in [3.63, 3.8) is 0 Å². The van der Waals surface area contributed by atoms with Gasteiger partial charge in [-0.3, -0.25) is 14.4 Å². The topological polar surface area (TPSA) is 64.2 Å². The molecule has 5 nitrogen and oxygen atoms in total. The molecule has 0 spiro atoms. The largest absolute Gasteiger partial charge is 0.368 e. The number of aryl methyl sites for hydroxylation is 2. The molecular weight excluding hydrogens is 307 g/mol. The average Bonchev–Trinajstić information content (AvgIpc) is 3.06. The van der Waals surface area contributed by atoms with Gasteiger partial charge in [0.1, 0.15) is 11.9 Å². The standard InChI is InChI=1S/C18H23FN4O/c1-11-16(12(2)22(3)21-11)15-5-4-10-23(15)17(18(20)24)13-6-8-14(19)9-7-13/h6-9,15,17H,4-5,10H2,1-3H3,(H2,20,24)/t15-,17-/m0/s1. The molecule has 1 saturated heterocycles. The zero-order chi connectivity index (χ0) is 17.4. The van der Waals surface area contributed by atoms with Gasteiger partial charge in [0.15, 0.2) is 0 Å². The third kappa shape index (κ3) is 2.82. The summed E-state index contributed by atoms with van der Waals surface area (Å²) in [4.78, 5) is 14.3. The summed E-state index contributed by atoms with van der Waals surface area (Å²) in [6.45, 7) is 4.82. The van der Waals surface area contributed by atoms with E-state index in [0.717, 1.165) is 36.3 Å². The van der Waals surface area contributed by atoms with Gasteiger partial charge in [0.05, 0.1) is 5.69 Å². The summed E-state index contributed by atoms with van der Waals surface area (Å²) in [7, 11) is 1.93. The van der Waals surface area contributed by atoms with Crippen LogP contribution in [0.25, 0.3) is 0 Å². The van der Waals surface area contributed by atoms with Crippen molar-refractivity contribution in [1.29, 1.82) is 0 Å². The first-order chi connectivity index (χ1) is 11.4. The van der Waals surface area contributed by atoms with Gasteiger partial charge in [-0.15, -0.1) is 0 Å². The summed E-state index contributed by atoms with van der Waals surface area (Å²) in [5.41, 5.74) is 9.70. The Labute approximate surface area is 141 Å². The molecule has 1 aromatic heterocycles. The van der Waals surface area contributed by atoms with Crippen molar-refractivity contribution < 1.29 is 9.18 Å². The molecule has 24 heavy (non-hydrogen) atoms. The van der Waals surface area contributed by atoms with Crippen molar-refractivity contribution in [2.45, 2.75) is 38.8 Å². The fourth-order valence-electron chi connectivity index (χ4n) is 3.84. The molecule has 3 rings (SSSR count). The first-order valence-electron chi connectivity index (χ1n) is 8.20. The zero-order valence-electron chi connectivity index (χ0n) is 14.3. The molecule has 0 radical (unpaired) electrons. The summed E-state index contributed by atoms with van der Waals surface area (Å²) >= 11 is 0. The molecule has 128 valence electrons. The van der Waals surface area contributed by atoms with E-state index in [2.05, 4.69) is 10.00 Å². The maximum absolute atomic E-state index is 13.2. The van der Waals surface area contributed by atoms with E-state index in [9.17, 15) is 9.18 Å². The molecule has 2 N–H and O–H groups in total. The predicted molar refractivity (Wildman–Crippen MR) is 89.7 cm³/mol. The summed E-state index contributed by atoms with van der Waals surface area (Å²) in [5.74, 6) is -0.730. The zero-order valence-corrected chi connectivity index (χ0v) is 14.3. The fraction of sp³-hybridized carbons (Fsp3) is 0.444. The number of carbonyl (C=O) groups is 1. The Balaban J connectivity index is 2.01. The van der Waals surface area contributed by atoms with Gasteiger partial charge in [-0.2, -0.15) is 5.10 Å². The number of hydrogen-bond donors (Lipinski definition) is 1. The summed E-state index contributed by atoms with van der Waals surface area (Å²) in [6.07, 6.45) is 1.95. The van der Waals surface area contributed by atoms with E-state index >= 15 is 0 Å². The SMILES string of the molecule is Cc1nn(C)c(C)c1[C@@H]1CCCN1[C@H](C(N)=O)c1ccc(F)cc1. The minimum Gasteiger partial charge on any atom is -0.368 e. The molecule has 2 aromatic rings. The molecule has 0 aliphatic carbocycles. The van der Waals surface area contributed by atoms with Crippen LogP contribution < -0.4 is 5.73 Å². The minimum absolute atomic E-state index is 0.0984. The Kier molecular flexibility index (Phi) is 4.41. The van der Waals surface area contributed by atoms with Crippen LogP contribution in [0.15, 0.2) is 24.3 Å². The lowest BCUT2D eigenvalue weighted by Gasteiger charge is -2.31. The highest BCUT2D eigenvalue weighted by molar-refractivity contribution is 5.81. The number of benzene rings is 1. The number of primary amides is 1. The van der Waals surface area contributed by atoms with Crippen molar-refractivity contribution in [2.24, 2.45) is 12.8 Å². The van der Waals surface area contributed by atoms with Crippen LogP contribution in [-0.4, -0.2) is 27.1 Å². The molecule has 0 bridgehead atoms. The molecule has 1 amide bonds. The lowest BCUT2D eigenvalue weighted by molar-refractivity contribution is -0.123. The lowest BCUT2D eigenvalue weighted by Crippen LogP contribution is -2.37. The Bertz CT molecular complexity index is 753. The van der Waals surface area contributed by atoms with E-state index in [1.54, 1.807) is 12.1 Å². The number of likely N-dealkylation sites (tertiary alicyclic amines) is 1. The maximum atomic E-state index is 13.2. The molecular formula is C18H23FN4O. The smallest absolute Gasteiger partial charge is 0.239 e. The Hall–Kier alpha value is -2.21. The quantitative estimate of drug-likeness (QED) is 0.937. The second-order valence-electron chi connectivity index (χ2n) is 6.46. The number of nitrogens with two attached hydrogens (primary N) is 1. The second kappa shape index (κ2) is 6.36. The predicted octanol–water partition coefficient (Wildman–Crippen LogP) is 2.54. The van der Waals surface area contributed by atoms with Crippen LogP contribution in [0.1, 0.15) is 47.4 Å². The van der Waals surface area contributed by atoms with E-state index < -0.39 is 11.9 Å². The van der Waals surface area contributed by atoms with Crippen molar-refractivity contribution in [3.8, 4) is 0 Å². The molecule has 1 aliphatic heterocycles. The van der Waals surface area contributed by atoms with Crippen LogP contribution in [0.5, 0.6) is 0 Å². The van der Waals surface area contributed by atoms with Gasteiger partial charge < -0.3 is 5.73 Å². The highest BCUT2D eigenvalue weighted by Crippen LogP contribution is 2.40. The van der Waals surface area contributed by atoms with Crippen molar-refractivity contribution in [3.05, 3.63) is 52.6 Å². The van der Waals surface area contributed by atoms with Crippen LogP contribution in [0, 0.1) is 19.7 Å². The Morgan fingerprint density at radius 3 is 2.54 bits per heavy atom. The second-order valence-corrected chi connectivity index (χ2v) is 6.46. The van der Waals surface area contributed by atoms with Crippen LogP contribution in [0.4, 0.5) is 4.39 Å². The number of rotatable bonds is 4. The van der Waals surface area contributed by atoms with Gasteiger partial charge in [-0.05, 0) is 50.9 Å². The molecule has 2 atom stereocenters. The van der Waals surface area contributed by atoms with E-state index in [1.807, 2.05) is 25.6 Å². The number of nitrogens with zero attached hydrogens (tertiary/aromatic N) is 3. The monoisotopic (exact) mass is 330 g/mol. The Morgan fingerprint density at radius 1 is 1.33 bits per heavy atom. The first kappa shape index (κ1) is 16.6. The van der Waals surface area contributed by atoms with E-state index in [4.69, 9.17) is 5.73 Å². The molecule has 2 heterocycles. The highest BCUT2D eigenvalue weighted by Gasteiger charge is 2.37. The summed E-state index contributed by atoms with van der Waals surface area (Å²) in [5, 5.41) is 4.50. The van der Waals surface area contributed by atoms with Gasteiger partial charge in [-0.25, -0.2) is 4.39 Å². The molecule has 1 aliphatic rings. The van der Waals surface area contributed by atoms with E-state index in [1.165, 1.54) is 17.7 Å². The normalized spacial score (nSPS) is 19.6. The summed E-state index contributed by atoms with van der Waals surface area (Å²) < 4.78 is 15.1. The number of hydrogen-bond acceptors (Lipinski definition) is 3. The number of halogens is 1. The first-order valence-corrected chi connectivity index (χ1v) is 8.20. The number of carbonyl (C=O) groups excluding carboxylic acids is 1. The minimum atomic E-state index is -0.558. The van der Waals surface area contributed by atoms with Crippen molar-refractivity contribution >= 4 is 5.91 Å². The third-order valence-corrected chi connectivity index (χ3v) is 4.98. The molecule has 1 aromatic carbocycles. The van der Waals surface area contributed by atoms with Crippen LogP contribution in [0.3, 0.4) is 0 Å². The molecule has 1 fully saturated rings. The van der Waals surface area contributed by atoms with Gasteiger partial charge in [-0.1, -0.05) is 12.1 Å². The average molecular weight is 330 g/mol. The van der Waals surface area contributed by atoms with E-state index in [0.29, 0.717) is 0 Å².